The highest BCUT2D eigenvalue weighted by Crippen LogP contribution is 2.28. The highest BCUT2D eigenvalue weighted by atomic mass is 16.5. The molecule has 3 aromatic rings. The zero-order valence-electron chi connectivity index (χ0n) is 14.8. The average Bonchev–Trinajstić information content (AvgIpc) is 3.38. The van der Waals surface area contributed by atoms with E-state index in [-0.39, 0.29) is 5.91 Å². The Hall–Kier alpha value is -2.77. The number of hydrogen-bond acceptors (Lipinski definition) is 6. The van der Waals surface area contributed by atoms with E-state index in [0.29, 0.717) is 36.2 Å². The molecule has 0 radical (unpaired) electrons. The number of aromatic nitrogens is 5. The minimum atomic E-state index is 0.0756. The normalized spacial score (nSPS) is 15.0. The Bertz CT molecular complexity index is 909. The van der Waals surface area contributed by atoms with Crippen molar-refractivity contribution >= 4 is 11.6 Å². The molecular weight excluding hydrogens is 332 g/mol. The van der Waals surface area contributed by atoms with E-state index in [1.54, 1.807) is 6.92 Å². The van der Waals surface area contributed by atoms with Crippen LogP contribution >= 0.6 is 0 Å². The van der Waals surface area contributed by atoms with Gasteiger partial charge in [0.25, 0.3) is 5.89 Å². The smallest absolute Gasteiger partial charge is 0.258 e. The van der Waals surface area contributed by atoms with E-state index in [4.69, 9.17) is 4.52 Å². The first kappa shape index (κ1) is 16.7. The Morgan fingerprint density at radius 3 is 2.96 bits per heavy atom. The summed E-state index contributed by atoms with van der Waals surface area (Å²) in [5.74, 6) is 2.53. The van der Waals surface area contributed by atoms with Crippen molar-refractivity contribution in [2.75, 3.05) is 0 Å². The number of fused-ring (bicyclic) bond motifs is 1. The van der Waals surface area contributed by atoms with Crippen molar-refractivity contribution in [1.82, 2.24) is 30.1 Å². The van der Waals surface area contributed by atoms with Crippen LogP contribution in [0.2, 0.25) is 0 Å². The van der Waals surface area contributed by atoms with Gasteiger partial charge < -0.3 is 9.84 Å². The van der Waals surface area contributed by atoms with Crippen LogP contribution in [0.4, 0.5) is 0 Å². The molecule has 0 aliphatic heterocycles. The molecular formula is C18H22N6O2. The fourth-order valence-corrected chi connectivity index (χ4v) is 3.51. The molecule has 3 heterocycles. The molecule has 1 saturated carbocycles. The third-order valence-corrected chi connectivity index (χ3v) is 4.95. The Morgan fingerprint density at radius 2 is 2.19 bits per heavy atom. The van der Waals surface area contributed by atoms with Crippen LogP contribution in [-0.2, 0) is 11.3 Å². The molecule has 0 bridgehead atoms. The summed E-state index contributed by atoms with van der Waals surface area (Å²) < 4.78 is 7.03. The van der Waals surface area contributed by atoms with Crippen LogP contribution in [0.5, 0.6) is 0 Å². The van der Waals surface area contributed by atoms with Gasteiger partial charge in [0.1, 0.15) is 0 Å². The number of rotatable bonds is 6. The maximum absolute atomic E-state index is 12.1. The topological polar surface area (TPSA) is 98.2 Å². The number of carbonyl (C=O) groups is 1. The van der Waals surface area contributed by atoms with Crippen molar-refractivity contribution in [3.05, 3.63) is 30.0 Å². The van der Waals surface area contributed by atoms with Crippen molar-refractivity contribution in [2.24, 2.45) is 5.92 Å². The Kier molecular flexibility index (Phi) is 4.64. The predicted molar refractivity (Wildman–Crippen MR) is 94.1 cm³/mol. The number of pyridine rings is 1. The van der Waals surface area contributed by atoms with Crippen LogP contribution in [0, 0.1) is 12.8 Å². The van der Waals surface area contributed by atoms with Gasteiger partial charge in [-0.1, -0.05) is 30.8 Å². The molecule has 136 valence electrons. The first-order valence-corrected chi connectivity index (χ1v) is 9.10. The molecule has 0 spiro atoms. The zero-order chi connectivity index (χ0) is 17.9. The van der Waals surface area contributed by atoms with Gasteiger partial charge in [-0.05, 0) is 31.4 Å². The standard InChI is InChI=1S/C18H22N6O2/c1-12-20-18(26-23-12)14-8-9-24-15(10-14)21-22-16(24)11-19-17(25)7-6-13-4-2-3-5-13/h8-10,13H,2-7,11H2,1H3,(H,19,25). The molecule has 8 heteroatoms. The summed E-state index contributed by atoms with van der Waals surface area (Å²) in [7, 11) is 0. The lowest BCUT2D eigenvalue weighted by Crippen LogP contribution is -2.24. The Morgan fingerprint density at radius 1 is 1.35 bits per heavy atom. The first-order valence-electron chi connectivity index (χ1n) is 9.10. The largest absolute Gasteiger partial charge is 0.349 e. The maximum Gasteiger partial charge on any atom is 0.258 e. The molecule has 0 aromatic carbocycles. The van der Waals surface area contributed by atoms with E-state index in [1.165, 1.54) is 25.7 Å². The fourth-order valence-electron chi connectivity index (χ4n) is 3.51. The predicted octanol–water partition coefficient (Wildman–Crippen LogP) is 2.67. The molecule has 1 aliphatic carbocycles. The van der Waals surface area contributed by atoms with Gasteiger partial charge >= 0.3 is 0 Å². The third-order valence-electron chi connectivity index (χ3n) is 4.95. The zero-order valence-corrected chi connectivity index (χ0v) is 14.8. The van der Waals surface area contributed by atoms with E-state index < -0.39 is 0 Å². The minimum absolute atomic E-state index is 0.0756. The molecule has 26 heavy (non-hydrogen) atoms. The van der Waals surface area contributed by atoms with Crippen molar-refractivity contribution < 1.29 is 9.32 Å². The van der Waals surface area contributed by atoms with Crippen molar-refractivity contribution in [2.45, 2.75) is 52.0 Å². The second-order valence-corrected chi connectivity index (χ2v) is 6.87. The first-order chi connectivity index (χ1) is 12.7. The lowest BCUT2D eigenvalue weighted by atomic mass is 10.0. The van der Waals surface area contributed by atoms with Crippen LogP contribution < -0.4 is 5.32 Å². The van der Waals surface area contributed by atoms with Crippen LogP contribution in [0.1, 0.15) is 50.2 Å². The molecule has 3 aromatic heterocycles. The summed E-state index contributed by atoms with van der Waals surface area (Å²) in [6, 6.07) is 3.71. The van der Waals surface area contributed by atoms with Gasteiger partial charge in [-0.25, -0.2) is 0 Å². The average molecular weight is 354 g/mol. The van der Waals surface area contributed by atoms with Gasteiger partial charge in [-0.2, -0.15) is 4.98 Å². The quantitative estimate of drug-likeness (QED) is 0.731. The Labute approximate surface area is 151 Å². The van der Waals surface area contributed by atoms with Gasteiger partial charge in [0.05, 0.1) is 6.54 Å². The van der Waals surface area contributed by atoms with E-state index in [0.717, 1.165) is 17.9 Å². The summed E-state index contributed by atoms with van der Waals surface area (Å²) in [6.07, 6.45) is 8.58. The molecule has 8 nitrogen and oxygen atoms in total. The molecule has 0 unspecified atom stereocenters. The summed E-state index contributed by atoms with van der Waals surface area (Å²) in [6.45, 7) is 2.14. The molecule has 1 amide bonds. The highest BCUT2D eigenvalue weighted by molar-refractivity contribution is 5.75. The fraction of sp³-hybridized carbons (Fsp3) is 0.500. The van der Waals surface area contributed by atoms with Crippen molar-refractivity contribution in [3.8, 4) is 11.5 Å². The minimum Gasteiger partial charge on any atom is -0.349 e. The van der Waals surface area contributed by atoms with Crippen molar-refractivity contribution in [3.63, 3.8) is 0 Å². The van der Waals surface area contributed by atoms with Gasteiger partial charge in [0.15, 0.2) is 17.3 Å². The van der Waals surface area contributed by atoms with E-state index >= 15 is 0 Å². The lowest BCUT2D eigenvalue weighted by molar-refractivity contribution is -0.121. The van der Waals surface area contributed by atoms with Gasteiger partial charge in [-0.3, -0.25) is 9.20 Å². The van der Waals surface area contributed by atoms with Crippen LogP contribution in [0.15, 0.2) is 22.9 Å². The molecule has 0 atom stereocenters. The highest BCUT2D eigenvalue weighted by Gasteiger charge is 2.16. The number of hydrogen-bond donors (Lipinski definition) is 1. The third kappa shape index (κ3) is 3.58. The molecule has 4 rings (SSSR count). The number of amides is 1. The van der Waals surface area contributed by atoms with E-state index in [2.05, 4.69) is 25.7 Å². The lowest BCUT2D eigenvalue weighted by Gasteiger charge is -2.08. The summed E-state index contributed by atoms with van der Waals surface area (Å²) >= 11 is 0. The van der Waals surface area contributed by atoms with Crippen LogP contribution in [0.3, 0.4) is 0 Å². The monoisotopic (exact) mass is 354 g/mol. The molecule has 1 fully saturated rings. The van der Waals surface area contributed by atoms with Gasteiger partial charge in [0.2, 0.25) is 5.91 Å². The Balaban J connectivity index is 1.38. The maximum atomic E-state index is 12.1. The van der Waals surface area contributed by atoms with E-state index in [9.17, 15) is 4.79 Å². The van der Waals surface area contributed by atoms with Crippen molar-refractivity contribution in [1.29, 1.82) is 0 Å². The number of aryl methyl sites for hydroxylation is 1. The number of carbonyl (C=O) groups excluding carboxylic acids is 1. The summed E-state index contributed by atoms with van der Waals surface area (Å²) in [5.41, 5.74) is 1.46. The summed E-state index contributed by atoms with van der Waals surface area (Å²) in [4.78, 5) is 16.3. The van der Waals surface area contributed by atoms with Gasteiger partial charge in [-0.15, -0.1) is 10.2 Å². The molecule has 1 N–H and O–H groups in total. The van der Waals surface area contributed by atoms with Crippen LogP contribution in [-0.4, -0.2) is 30.6 Å². The SMILES string of the molecule is Cc1noc(-c2ccn3c(CNC(=O)CCC4CCCC4)nnc3c2)n1. The number of nitrogens with zero attached hydrogens (tertiary/aromatic N) is 5. The molecule has 0 saturated heterocycles. The second-order valence-electron chi connectivity index (χ2n) is 6.87. The van der Waals surface area contributed by atoms with E-state index in [1.807, 2.05) is 22.7 Å². The summed E-state index contributed by atoms with van der Waals surface area (Å²) in [5, 5.41) is 15.1. The van der Waals surface area contributed by atoms with Crippen LogP contribution in [0.25, 0.3) is 17.1 Å². The van der Waals surface area contributed by atoms with Gasteiger partial charge in [0, 0.05) is 18.2 Å². The number of nitrogens with one attached hydrogen (secondary N) is 1. The second kappa shape index (κ2) is 7.23. The molecule has 1 aliphatic rings.